The van der Waals surface area contributed by atoms with Crippen LogP contribution in [0.15, 0.2) is 52.0 Å². The molecule has 2 amide bonds. The van der Waals surface area contributed by atoms with Gasteiger partial charge in [-0.1, -0.05) is 17.7 Å². The molecule has 2 aromatic carbocycles. The van der Waals surface area contributed by atoms with E-state index in [9.17, 15) is 9.59 Å². The number of aryl methyl sites for hydroxylation is 1. The Morgan fingerprint density at radius 1 is 1.11 bits per heavy atom. The van der Waals surface area contributed by atoms with E-state index in [4.69, 9.17) is 4.74 Å². The first-order valence-electron chi connectivity index (χ1n) is 8.98. The monoisotopic (exact) mass is 445 g/mol. The van der Waals surface area contributed by atoms with Crippen molar-refractivity contribution in [1.29, 1.82) is 0 Å². The lowest BCUT2D eigenvalue weighted by Crippen LogP contribution is -2.20. The van der Waals surface area contributed by atoms with Crippen LogP contribution in [0.2, 0.25) is 0 Å². The molecule has 2 aromatic rings. The van der Waals surface area contributed by atoms with Crippen LogP contribution < -0.4 is 15.5 Å². The zero-order chi connectivity index (χ0) is 20.5. The Morgan fingerprint density at radius 2 is 1.79 bits per heavy atom. The van der Waals surface area contributed by atoms with Gasteiger partial charge in [0.2, 0.25) is 11.8 Å². The normalized spacial score (nSPS) is 10.9. The predicted octanol–water partition coefficient (Wildman–Crippen LogP) is 4.41. The minimum atomic E-state index is -0.325. The largest absolute Gasteiger partial charge is 0.490 e. The number of hydrogen-bond donors (Lipinski definition) is 2. The van der Waals surface area contributed by atoms with E-state index < -0.39 is 0 Å². The Bertz CT molecular complexity index is 848. The maximum atomic E-state index is 11.9. The van der Waals surface area contributed by atoms with E-state index in [1.165, 1.54) is 6.21 Å². The molecule has 0 spiro atoms. The van der Waals surface area contributed by atoms with Gasteiger partial charge in [-0.2, -0.15) is 5.10 Å². The number of carbonyl (C=O) groups excluding carboxylic acids is 2. The molecule has 0 saturated carbocycles. The van der Waals surface area contributed by atoms with Crippen molar-refractivity contribution >= 4 is 39.6 Å². The molecule has 0 bridgehead atoms. The number of ether oxygens (including phenoxy) is 1. The van der Waals surface area contributed by atoms with Gasteiger partial charge in [0.25, 0.3) is 0 Å². The molecule has 28 heavy (non-hydrogen) atoms. The minimum absolute atomic E-state index is 0.0555. The van der Waals surface area contributed by atoms with Crippen LogP contribution in [0.1, 0.15) is 37.8 Å². The zero-order valence-electron chi connectivity index (χ0n) is 16.2. The van der Waals surface area contributed by atoms with E-state index in [-0.39, 0.29) is 30.8 Å². The van der Waals surface area contributed by atoms with Gasteiger partial charge in [-0.15, -0.1) is 0 Å². The molecule has 2 rings (SSSR count). The van der Waals surface area contributed by atoms with Crippen LogP contribution >= 0.6 is 15.9 Å². The van der Waals surface area contributed by atoms with Crippen LogP contribution in [0, 0.1) is 6.92 Å². The van der Waals surface area contributed by atoms with E-state index in [1.807, 2.05) is 63.2 Å². The number of amides is 2. The number of carbonyl (C=O) groups is 2. The molecule has 0 aliphatic heterocycles. The number of rotatable bonds is 8. The smallest absolute Gasteiger partial charge is 0.240 e. The van der Waals surface area contributed by atoms with E-state index in [0.29, 0.717) is 5.69 Å². The van der Waals surface area contributed by atoms with E-state index in [1.54, 1.807) is 0 Å². The molecule has 2 N–H and O–H groups in total. The number of nitrogens with one attached hydrogen (secondary N) is 2. The molecule has 0 aliphatic rings. The topological polar surface area (TPSA) is 79.8 Å². The molecule has 0 radical (unpaired) electrons. The SMILES string of the molecule is Cc1ccc(NC(=O)CCC(=O)NN=Cc2ccc(OC(C)C)c(Br)c2)cc1. The lowest BCUT2D eigenvalue weighted by atomic mass is 10.2. The lowest BCUT2D eigenvalue weighted by Gasteiger charge is -2.11. The molecular weight excluding hydrogens is 422 g/mol. The maximum Gasteiger partial charge on any atom is 0.240 e. The molecule has 0 fully saturated rings. The Labute approximate surface area is 173 Å². The summed E-state index contributed by atoms with van der Waals surface area (Å²) in [5.41, 5.74) is 5.06. The molecule has 0 aromatic heterocycles. The Balaban J connectivity index is 1.76. The second-order valence-corrected chi connectivity index (χ2v) is 7.42. The highest BCUT2D eigenvalue weighted by Gasteiger charge is 2.07. The molecule has 148 valence electrons. The number of nitrogens with zero attached hydrogens (tertiary/aromatic N) is 1. The summed E-state index contributed by atoms with van der Waals surface area (Å²) in [5, 5.41) is 6.68. The fraction of sp³-hybridized carbons (Fsp3) is 0.286. The average molecular weight is 446 g/mol. The van der Waals surface area contributed by atoms with Crippen molar-refractivity contribution in [3.05, 3.63) is 58.1 Å². The summed E-state index contributed by atoms with van der Waals surface area (Å²) in [7, 11) is 0. The van der Waals surface area contributed by atoms with Gasteiger partial charge < -0.3 is 10.1 Å². The summed E-state index contributed by atoms with van der Waals surface area (Å²) < 4.78 is 6.46. The molecular formula is C21H24BrN3O3. The summed E-state index contributed by atoms with van der Waals surface area (Å²) in [5.74, 6) is 0.206. The van der Waals surface area contributed by atoms with Crippen molar-refractivity contribution in [3.8, 4) is 5.75 Å². The van der Waals surface area contributed by atoms with E-state index >= 15 is 0 Å². The quantitative estimate of drug-likeness (QED) is 0.466. The van der Waals surface area contributed by atoms with Crippen LogP contribution in [-0.4, -0.2) is 24.1 Å². The second-order valence-electron chi connectivity index (χ2n) is 6.56. The summed E-state index contributed by atoms with van der Waals surface area (Å²) >= 11 is 3.45. The van der Waals surface area contributed by atoms with Crippen molar-refractivity contribution in [2.45, 2.75) is 39.7 Å². The van der Waals surface area contributed by atoms with Crippen LogP contribution in [0.3, 0.4) is 0 Å². The average Bonchev–Trinajstić information content (AvgIpc) is 2.64. The lowest BCUT2D eigenvalue weighted by molar-refractivity contribution is -0.124. The highest BCUT2D eigenvalue weighted by atomic mass is 79.9. The van der Waals surface area contributed by atoms with Crippen molar-refractivity contribution in [3.63, 3.8) is 0 Å². The third-order valence-electron chi connectivity index (χ3n) is 3.64. The summed E-state index contributed by atoms with van der Waals surface area (Å²) in [6.07, 6.45) is 1.76. The van der Waals surface area contributed by atoms with Gasteiger partial charge in [0.1, 0.15) is 5.75 Å². The highest BCUT2D eigenvalue weighted by Crippen LogP contribution is 2.26. The molecule has 6 nitrogen and oxygen atoms in total. The third kappa shape index (κ3) is 7.52. The molecule has 0 atom stereocenters. The Kier molecular flexibility index (Phi) is 8.19. The Hall–Kier alpha value is -2.67. The molecule has 0 unspecified atom stereocenters. The minimum Gasteiger partial charge on any atom is -0.490 e. The van der Waals surface area contributed by atoms with Gasteiger partial charge >= 0.3 is 0 Å². The zero-order valence-corrected chi connectivity index (χ0v) is 17.7. The third-order valence-corrected chi connectivity index (χ3v) is 4.26. The summed E-state index contributed by atoms with van der Waals surface area (Å²) in [6, 6.07) is 13.0. The fourth-order valence-electron chi connectivity index (χ4n) is 2.27. The van der Waals surface area contributed by atoms with E-state index in [0.717, 1.165) is 21.3 Å². The van der Waals surface area contributed by atoms with Crippen molar-refractivity contribution in [2.24, 2.45) is 5.10 Å². The fourth-order valence-corrected chi connectivity index (χ4v) is 2.76. The van der Waals surface area contributed by atoms with Gasteiger partial charge in [0.15, 0.2) is 0 Å². The highest BCUT2D eigenvalue weighted by molar-refractivity contribution is 9.10. The van der Waals surface area contributed by atoms with Crippen LogP contribution in [0.5, 0.6) is 5.75 Å². The first kappa shape index (κ1) is 21.6. The number of anilines is 1. The number of hydrogen-bond acceptors (Lipinski definition) is 4. The second kappa shape index (κ2) is 10.6. The van der Waals surface area contributed by atoms with Crippen molar-refractivity contribution in [1.82, 2.24) is 5.43 Å². The summed E-state index contributed by atoms with van der Waals surface area (Å²) in [6.45, 7) is 5.89. The van der Waals surface area contributed by atoms with Gasteiger partial charge in [-0.05, 0) is 72.6 Å². The molecule has 0 aliphatic carbocycles. The van der Waals surface area contributed by atoms with Crippen LogP contribution in [0.4, 0.5) is 5.69 Å². The molecule has 0 heterocycles. The number of halogens is 1. The van der Waals surface area contributed by atoms with E-state index in [2.05, 4.69) is 31.8 Å². The predicted molar refractivity (Wildman–Crippen MR) is 115 cm³/mol. The molecule has 7 heteroatoms. The first-order chi connectivity index (χ1) is 13.3. The summed E-state index contributed by atoms with van der Waals surface area (Å²) in [4.78, 5) is 23.7. The van der Waals surface area contributed by atoms with Crippen molar-refractivity contribution < 1.29 is 14.3 Å². The number of benzene rings is 2. The van der Waals surface area contributed by atoms with Crippen LogP contribution in [-0.2, 0) is 9.59 Å². The van der Waals surface area contributed by atoms with Crippen LogP contribution in [0.25, 0.3) is 0 Å². The first-order valence-corrected chi connectivity index (χ1v) is 9.77. The standard InChI is InChI=1S/C21H24BrN3O3/c1-14(2)28-19-9-6-16(12-18(19)22)13-23-25-21(27)11-10-20(26)24-17-7-4-15(3)5-8-17/h4-9,12-14H,10-11H2,1-3H3,(H,24,26)(H,25,27). The number of hydrazone groups is 1. The van der Waals surface area contributed by atoms with Gasteiger partial charge in [-0.3, -0.25) is 9.59 Å². The van der Waals surface area contributed by atoms with Gasteiger partial charge in [-0.25, -0.2) is 5.43 Å². The van der Waals surface area contributed by atoms with Gasteiger partial charge in [0, 0.05) is 18.5 Å². The Morgan fingerprint density at radius 3 is 2.43 bits per heavy atom. The molecule has 0 saturated heterocycles. The van der Waals surface area contributed by atoms with Crippen molar-refractivity contribution in [2.75, 3.05) is 5.32 Å². The van der Waals surface area contributed by atoms with Gasteiger partial charge in [0.05, 0.1) is 16.8 Å². The maximum absolute atomic E-state index is 11.9.